The SMILES string of the molecule is CCc1ccc(CNCc2noc(-c3cccs3)n2)nc1. The lowest BCUT2D eigenvalue weighted by Crippen LogP contribution is -2.14. The van der Waals surface area contributed by atoms with Gasteiger partial charge < -0.3 is 9.84 Å². The molecule has 0 amide bonds. The van der Waals surface area contributed by atoms with Gasteiger partial charge in [-0.3, -0.25) is 4.98 Å². The Morgan fingerprint density at radius 1 is 1.24 bits per heavy atom. The highest BCUT2D eigenvalue weighted by Crippen LogP contribution is 2.22. The molecule has 1 N–H and O–H groups in total. The summed E-state index contributed by atoms with van der Waals surface area (Å²) in [6.45, 7) is 3.37. The van der Waals surface area contributed by atoms with Crippen LogP contribution in [0, 0.1) is 0 Å². The molecule has 21 heavy (non-hydrogen) atoms. The number of hydrogen-bond acceptors (Lipinski definition) is 6. The summed E-state index contributed by atoms with van der Waals surface area (Å²) in [4.78, 5) is 9.75. The Labute approximate surface area is 127 Å². The molecule has 3 rings (SSSR count). The van der Waals surface area contributed by atoms with Crippen LogP contribution in [0.1, 0.15) is 24.0 Å². The van der Waals surface area contributed by atoms with Crippen LogP contribution in [0.15, 0.2) is 40.4 Å². The number of nitrogens with one attached hydrogen (secondary N) is 1. The maximum Gasteiger partial charge on any atom is 0.268 e. The molecule has 6 heteroatoms. The van der Waals surface area contributed by atoms with Crippen LogP contribution < -0.4 is 5.32 Å². The summed E-state index contributed by atoms with van der Waals surface area (Å²) < 4.78 is 5.24. The number of rotatable bonds is 6. The van der Waals surface area contributed by atoms with E-state index in [1.807, 2.05) is 29.8 Å². The first kappa shape index (κ1) is 13.9. The minimum atomic E-state index is 0.562. The molecule has 0 unspecified atom stereocenters. The molecule has 3 aromatic rings. The molecular weight excluding hydrogens is 284 g/mol. The van der Waals surface area contributed by atoms with Gasteiger partial charge in [0.05, 0.1) is 17.1 Å². The van der Waals surface area contributed by atoms with Gasteiger partial charge in [0.25, 0.3) is 5.89 Å². The van der Waals surface area contributed by atoms with Crippen molar-refractivity contribution < 1.29 is 4.52 Å². The van der Waals surface area contributed by atoms with Crippen molar-refractivity contribution in [2.24, 2.45) is 0 Å². The molecule has 0 aliphatic rings. The highest BCUT2D eigenvalue weighted by molar-refractivity contribution is 7.13. The van der Waals surface area contributed by atoms with Crippen molar-refractivity contribution in [2.45, 2.75) is 26.4 Å². The van der Waals surface area contributed by atoms with Crippen LogP contribution in [0.4, 0.5) is 0 Å². The standard InChI is InChI=1S/C15H16N4OS/c1-2-11-5-6-12(17-8-11)9-16-10-14-18-15(20-19-14)13-4-3-7-21-13/h3-8,16H,2,9-10H2,1H3. The van der Waals surface area contributed by atoms with Crippen LogP contribution in [0.25, 0.3) is 10.8 Å². The maximum atomic E-state index is 5.24. The van der Waals surface area contributed by atoms with E-state index < -0.39 is 0 Å². The number of thiophene rings is 1. The molecule has 3 aromatic heterocycles. The Morgan fingerprint density at radius 3 is 2.90 bits per heavy atom. The van der Waals surface area contributed by atoms with Gasteiger partial charge in [-0.2, -0.15) is 4.98 Å². The zero-order valence-corrected chi connectivity index (χ0v) is 12.6. The van der Waals surface area contributed by atoms with E-state index in [4.69, 9.17) is 4.52 Å². The van der Waals surface area contributed by atoms with Gasteiger partial charge in [-0.1, -0.05) is 24.2 Å². The molecule has 108 valence electrons. The third kappa shape index (κ3) is 3.53. The Hall–Kier alpha value is -2.05. The van der Waals surface area contributed by atoms with Crippen molar-refractivity contribution in [3.63, 3.8) is 0 Å². The Kier molecular flexibility index (Phi) is 4.37. The fourth-order valence-electron chi connectivity index (χ4n) is 1.90. The molecular formula is C15H16N4OS. The number of pyridine rings is 1. The summed E-state index contributed by atoms with van der Waals surface area (Å²) in [7, 11) is 0. The van der Waals surface area contributed by atoms with Gasteiger partial charge in [0.2, 0.25) is 0 Å². The fourth-order valence-corrected chi connectivity index (χ4v) is 2.54. The molecule has 0 spiro atoms. The van der Waals surface area contributed by atoms with E-state index in [2.05, 4.69) is 33.4 Å². The van der Waals surface area contributed by atoms with Crippen LogP contribution in [0.2, 0.25) is 0 Å². The Balaban J connectivity index is 1.53. The average molecular weight is 300 g/mol. The summed E-state index contributed by atoms with van der Waals surface area (Å²) in [5.74, 6) is 1.23. The second kappa shape index (κ2) is 6.60. The first-order valence-electron chi connectivity index (χ1n) is 6.86. The molecule has 0 bridgehead atoms. The second-order valence-corrected chi connectivity index (χ2v) is 5.56. The predicted molar refractivity (Wildman–Crippen MR) is 81.8 cm³/mol. The largest absolute Gasteiger partial charge is 0.333 e. The molecule has 3 heterocycles. The molecule has 0 aliphatic heterocycles. The average Bonchev–Trinajstić information content (AvgIpc) is 3.19. The van der Waals surface area contributed by atoms with Gasteiger partial charge in [-0.25, -0.2) is 0 Å². The minimum absolute atomic E-state index is 0.562. The zero-order chi connectivity index (χ0) is 14.5. The lowest BCUT2D eigenvalue weighted by molar-refractivity contribution is 0.420. The predicted octanol–water partition coefficient (Wildman–Crippen LogP) is 3.05. The first-order valence-corrected chi connectivity index (χ1v) is 7.74. The fraction of sp³-hybridized carbons (Fsp3) is 0.267. The third-order valence-electron chi connectivity index (χ3n) is 3.08. The molecule has 0 saturated heterocycles. The number of nitrogens with zero attached hydrogens (tertiary/aromatic N) is 3. The molecule has 0 fully saturated rings. The van der Waals surface area contributed by atoms with E-state index in [1.54, 1.807) is 11.3 Å². The van der Waals surface area contributed by atoms with Crippen LogP contribution in [-0.2, 0) is 19.5 Å². The smallest absolute Gasteiger partial charge is 0.268 e. The quantitative estimate of drug-likeness (QED) is 0.758. The van der Waals surface area contributed by atoms with Crippen LogP contribution >= 0.6 is 11.3 Å². The molecule has 0 aliphatic carbocycles. The number of aromatic nitrogens is 3. The van der Waals surface area contributed by atoms with Gasteiger partial charge >= 0.3 is 0 Å². The molecule has 5 nitrogen and oxygen atoms in total. The van der Waals surface area contributed by atoms with Gasteiger partial charge in [-0.05, 0) is 29.5 Å². The van der Waals surface area contributed by atoms with Crippen molar-refractivity contribution in [2.75, 3.05) is 0 Å². The Morgan fingerprint density at radius 2 is 2.19 bits per heavy atom. The molecule has 0 atom stereocenters. The summed E-state index contributed by atoms with van der Waals surface area (Å²) in [5, 5.41) is 9.23. The van der Waals surface area contributed by atoms with Crippen molar-refractivity contribution in [1.82, 2.24) is 20.4 Å². The Bertz CT molecular complexity index is 676. The summed E-state index contributed by atoms with van der Waals surface area (Å²) in [6, 6.07) is 8.08. The normalized spacial score (nSPS) is 10.9. The minimum Gasteiger partial charge on any atom is -0.333 e. The van der Waals surface area contributed by atoms with E-state index >= 15 is 0 Å². The summed E-state index contributed by atoms with van der Waals surface area (Å²) >= 11 is 1.59. The third-order valence-corrected chi connectivity index (χ3v) is 3.94. The number of aryl methyl sites for hydroxylation is 1. The van der Waals surface area contributed by atoms with E-state index in [-0.39, 0.29) is 0 Å². The summed E-state index contributed by atoms with van der Waals surface area (Å²) in [6.07, 6.45) is 2.93. The van der Waals surface area contributed by atoms with E-state index in [0.29, 0.717) is 24.8 Å². The first-order chi connectivity index (χ1) is 10.3. The lowest BCUT2D eigenvalue weighted by atomic mass is 10.2. The van der Waals surface area contributed by atoms with Gasteiger partial charge in [0.15, 0.2) is 5.82 Å². The van der Waals surface area contributed by atoms with Crippen molar-refractivity contribution >= 4 is 11.3 Å². The number of hydrogen-bond donors (Lipinski definition) is 1. The molecule has 0 radical (unpaired) electrons. The van der Waals surface area contributed by atoms with Gasteiger partial charge in [0, 0.05) is 12.7 Å². The van der Waals surface area contributed by atoms with Gasteiger partial charge in [0.1, 0.15) is 0 Å². The van der Waals surface area contributed by atoms with E-state index in [0.717, 1.165) is 17.0 Å². The van der Waals surface area contributed by atoms with Gasteiger partial charge in [-0.15, -0.1) is 11.3 Å². The second-order valence-electron chi connectivity index (χ2n) is 4.61. The van der Waals surface area contributed by atoms with Crippen LogP contribution in [-0.4, -0.2) is 15.1 Å². The highest BCUT2D eigenvalue weighted by atomic mass is 32.1. The molecule has 0 aromatic carbocycles. The monoisotopic (exact) mass is 300 g/mol. The topological polar surface area (TPSA) is 63.8 Å². The maximum absolute atomic E-state index is 5.24. The van der Waals surface area contributed by atoms with Crippen LogP contribution in [0.3, 0.4) is 0 Å². The van der Waals surface area contributed by atoms with Crippen molar-refractivity contribution in [3.05, 3.63) is 52.9 Å². The van der Waals surface area contributed by atoms with Crippen molar-refractivity contribution in [1.29, 1.82) is 0 Å². The highest BCUT2D eigenvalue weighted by Gasteiger charge is 2.09. The van der Waals surface area contributed by atoms with Crippen molar-refractivity contribution in [3.8, 4) is 10.8 Å². The lowest BCUT2D eigenvalue weighted by Gasteiger charge is -2.02. The van der Waals surface area contributed by atoms with E-state index in [1.165, 1.54) is 5.56 Å². The zero-order valence-electron chi connectivity index (χ0n) is 11.7. The molecule has 0 saturated carbocycles. The van der Waals surface area contributed by atoms with Crippen LogP contribution in [0.5, 0.6) is 0 Å². The van der Waals surface area contributed by atoms with E-state index in [9.17, 15) is 0 Å². The summed E-state index contributed by atoms with van der Waals surface area (Å²) in [5.41, 5.74) is 2.26.